The van der Waals surface area contributed by atoms with Crippen LogP contribution in [0.25, 0.3) is 22.1 Å². The van der Waals surface area contributed by atoms with E-state index in [0.29, 0.717) is 23.8 Å². The summed E-state index contributed by atoms with van der Waals surface area (Å²) in [4.78, 5) is 17.6. The van der Waals surface area contributed by atoms with Crippen molar-refractivity contribution in [3.63, 3.8) is 0 Å². The molecule has 7 heteroatoms. The van der Waals surface area contributed by atoms with Gasteiger partial charge in [-0.15, -0.1) is 11.3 Å². The normalized spacial score (nSPS) is 10.7. The molecular weight excluding hydrogens is 338 g/mol. The molecule has 0 aliphatic rings. The fourth-order valence-electron chi connectivity index (χ4n) is 2.40. The van der Waals surface area contributed by atoms with Crippen molar-refractivity contribution in [1.29, 1.82) is 0 Å². The summed E-state index contributed by atoms with van der Waals surface area (Å²) in [6.07, 6.45) is 3.28. The SMILES string of the molecule is O=C(NCc1cccnc1-c1ccco1)c1cc(-c2cccs2)on1. The Labute approximate surface area is 147 Å². The number of hydrogen-bond acceptors (Lipinski definition) is 6. The molecule has 0 saturated carbocycles. The molecule has 0 atom stereocenters. The molecule has 4 heterocycles. The number of amides is 1. The van der Waals surface area contributed by atoms with E-state index in [2.05, 4.69) is 15.5 Å². The van der Waals surface area contributed by atoms with Gasteiger partial charge in [0.25, 0.3) is 5.91 Å². The van der Waals surface area contributed by atoms with Crippen LogP contribution in [0.3, 0.4) is 0 Å². The lowest BCUT2D eigenvalue weighted by Gasteiger charge is -2.07. The zero-order valence-electron chi connectivity index (χ0n) is 13.0. The average molecular weight is 351 g/mol. The van der Waals surface area contributed by atoms with Gasteiger partial charge in [0.1, 0.15) is 5.69 Å². The van der Waals surface area contributed by atoms with Gasteiger partial charge in [0, 0.05) is 24.4 Å². The Morgan fingerprint density at radius 1 is 1.16 bits per heavy atom. The molecule has 0 aliphatic heterocycles. The van der Waals surface area contributed by atoms with Crippen LogP contribution >= 0.6 is 11.3 Å². The maximum atomic E-state index is 12.3. The van der Waals surface area contributed by atoms with Gasteiger partial charge >= 0.3 is 0 Å². The van der Waals surface area contributed by atoms with Crippen molar-refractivity contribution < 1.29 is 13.7 Å². The minimum atomic E-state index is -0.305. The van der Waals surface area contributed by atoms with Crippen molar-refractivity contribution in [2.75, 3.05) is 0 Å². The Morgan fingerprint density at radius 3 is 2.92 bits per heavy atom. The zero-order valence-corrected chi connectivity index (χ0v) is 13.8. The molecule has 0 spiro atoms. The number of carbonyl (C=O) groups is 1. The Balaban J connectivity index is 1.48. The van der Waals surface area contributed by atoms with Crippen LogP contribution in [0.15, 0.2) is 69.2 Å². The molecule has 0 fully saturated rings. The minimum Gasteiger partial charge on any atom is -0.463 e. The van der Waals surface area contributed by atoms with Crippen LogP contribution in [-0.4, -0.2) is 16.0 Å². The smallest absolute Gasteiger partial charge is 0.273 e. The van der Waals surface area contributed by atoms with Crippen molar-refractivity contribution in [2.24, 2.45) is 0 Å². The topological polar surface area (TPSA) is 81.2 Å². The van der Waals surface area contributed by atoms with Crippen LogP contribution in [-0.2, 0) is 6.54 Å². The number of thiophene rings is 1. The van der Waals surface area contributed by atoms with Gasteiger partial charge in [0.05, 0.1) is 11.1 Å². The summed E-state index contributed by atoms with van der Waals surface area (Å²) in [6, 6.07) is 12.8. The molecule has 1 amide bonds. The molecule has 4 aromatic rings. The van der Waals surface area contributed by atoms with Crippen LogP contribution in [0.4, 0.5) is 0 Å². The summed E-state index contributed by atoms with van der Waals surface area (Å²) in [7, 11) is 0. The highest BCUT2D eigenvalue weighted by atomic mass is 32.1. The summed E-state index contributed by atoms with van der Waals surface area (Å²) in [5.74, 6) is 0.935. The van der Waals surface area contributed by atoms with Gasteiger partial charge in [0.2, 0.25) is 0 Å². The fourth-order valence-corrected chi connectivity index (χ4v) is 3.07. The highest BCUT2D eigenvalue weighted by Crippen LogP contribution is 2.25. The van der Waals surface area contributed by atoms with Crippen LogP contribution in [0.2, 0.25) is 0 Å². The summed E-state index contributed by atoms with van der Waals surface area (Å²) in [5, 5.41) is 8.62. The van der Waals surface area contributed by atoms with E-state index < -0.39 is 0 Å². The lowest BCUT2D eigenvalue weighted by atomic mass is 10.1. The Kier molecular flexibility index (Phi) is 4.14. The van der Waals surface area contributed by atoms with Crippen molar-refractivity contribution in [2.45, 2.75) is 6.54 Å². The Bertz CT molecular complexity index is 975. The zero-order chi connectivity index (χ0) is 17.1. The number of furan rings is 1. The standard InChI is InChI=1S/C18H13N3O3S/c22-18(13-10-15(24-21-13)16-6-3-9-25-16)20-11-12-4-1-7-19-17(12)14-5-2-8-23-14/h1-10H,11H2,(H,20,22). The van der Waals surface area contributed by atoms with Gasteiger partial charge in [-0.1, -0.05) is 17.3 Å². The molecule has 124 valence electrons. The number of aromatic nitrogens is 2. The fraction of sp³-hybridized carbons (Fsp3) is 0.0556. The number of rotatable bonds is 5. The van der Waals surface area contributed by atoms with Gasteiger partial charge in [-0.3, -0.25) is 9.78 Å². The van der Waals surface area contributed by atoms with E-state index in [0.717, 1.165) is 10.4 Å². The second kappa shape index (κ2) is 6.74. The van der Waals surface area contributed by atoms with E-state index in [9.17, 15) is 4.79 Å². The molecule has 1 N–H and O–H groups in total. The van der Waals surface area contributed by atoms with E-state index in [1.165, 1.54) is 11.3 Å². The van der Waals surface area contributed by atoms with E-state index in [1.807, 2.05) is 35.7 Å². The highest BCUT2D eigenvalue weighted by Gasteiger charge is 2.15. The highest BCUT2D eigenvalue weighted by molar-refractivity contribution is 7.13. The minimum absolute atomic E-state index is 0.242. The third-order valence-corrected chi connectivity index (χ3v) is 4.48. The van der Waals surface area contributed by atoms with Gasteiger partial charge in [0.15, 0.2) is 17.2 Å². The third kappa shape index (κ3) is 3.22. The quantitative estimate of drug-likeness (QED) is 0.588. The molecule has 0 saturated heterocycles. The maximum Gasteiger partial charge on any atom is 0.273 e. The monoisotopic (exact) mass is 351 g/mol. The summed E-state index contributed by atoms with van der Waals surface area (Å²) >= 11 is 1.53. The summed E-state index contributed by atoms with van der Waals surface area (Å²) in [6.45, 7) is 0.309. The van der Waals surface area contributed by atoms with Gasteiger partial charge < -0.3 is 14.3 Å². The predicted octanol–water partition coefficient (Wildman–Crippen LogP) is 3.99. The van der Waals surface area contributed by atoms with E-state index in [1.54, 1.807) is 24.6 Å². The predicted molar refractivity (Wildman–Crippen MR) is 92.9 cm³/mol. The number of pyridine rings is 1. The molecule has 0 aliphatic carbocycles. The molecule has 4 aromatic heterocycles. The molecule has 0 bridgehead atoms. The molecular formula is C18H13N3O3S. The second-order valence-electron chi connectivity index (χ2n) is 5.22. The van der Waals surface area contributed by atoms with Crippen LogP contribution in [0.1, 0.15) is 16.1 Å². The van der Waals surface area contributed by atoms with Gasteiger partial charge in [-0.25, -0.2) is 0 Å². The van der Waals surface area contributed by atoms with Crippen molar-refractivity contribution in [3.8, 4) is 22.1 Å². The van der Waals surface area contributed by atoms with E-state index >= 15 is 0 Å². The second-order valence-corrected chi connectivity index (χ2v) is 6.17. The number of carbonyl (C=O) groups excluding carboxylic acids is 1. The van der Waals surface area contributed by atoms with Crippen LogP contribution in [0.5, 0.6) is 0 Å². The first-order valence-electron chi connectivity index (χ1n) is 7.58. The summed E-state index contributed by atoms with van der Waals surface area (Å²) < 4.78 is 10.6. The molecule has 4 rings (SSSR count). The molecule has 0 radical (unpaired) electrons. The van der Waals surface area contributed by atoms with Crippen molar-refractivity contribution in [1.82, 2.24) is 15.5 Å². The lowest BCUT2D eigenvalue weighted by molar-refractivity contribution is 0.0942. The lowest BCUT2D eigenvalue weighted by Crippen LogP contribution is -2.23. The third-order valence-electron chi connectivity index (χ3n) is 3.59. The van der Waals surface area contributed by atoms with Crippen LogP contribution in [0, 0.1) is 0 Å². The molecule has 25 heavy (non-hydrogen) atoms. The number of hydrogen-bond donors (Lipinski definition) is 1. The first kappa shape index (κ1) is 15.3. The summed E-state index contributed by atoms with van der Waals surface area (Å²) in [5.41, 5.74) is 1.80. The first-order valence-corrected chi connectivity index (χ1v) is 8.46. The van der Waals surface area contributed by atoms with Crippen molar-refractivity contribution >= 4 is 17.2 Å². The Morgan fingerprint density at radius 2 is 2.12 bits per heavy atom. The Hall–Kier alpha value is -3.19. The largest absolute Gasteiger partial charge is 0.463 e. The van der Waals surface area contributed by atoms with E-state index in [4.69, 9.17) is 8.94 Å². The molecule has 0 aromatic carbocycles. The molecule has 0 unspecified atom stereocenters. The van der Waals surface area contributed by atoms with E-state index in [-0.39, 0.29) is 11.6 Å². The van der Waals surface area contributed by atoms with Crippen molar-refractivity contribution in [3.05, 3.63) is 71.6 Å². The maximum absolute atomic E-state index is 12.3. The average Bonchev–Trinajstić information content (AvgIpc) is 3.41. The first-order chi connectivity index (χ1) is 12.3. The van der Waals surface area contributed by atoms with Crippen LogP contribution < -0.4 is 5.32 Å². The number of nitrogens with zero attached hydrogens (tertiary/aromatic N) is 2. The number of nitrogens with one attached hydrogen (secondary N) is 1. The van der Waals surface area contributed by atoms with Gasteiger partial charge in [-0.05, 0) is 29.6 Å². The van der Waals surface area contributed by atoms with Gasteiger partial charge in [-0.2, -0.15) is 0 Å². The molecule has 6 nitrogen and oxygen atoms in total.